The number of amides is 1. The van der Waals surface area contributed by atoms with E-state index in [9.17, 15) is 4.79 Å². The molecule has 7 rings (SSSR count). The highest BCUT2D eigenvalue weighted by atomic mass is 35.5. The fourth-order valence-corrected chi connectivity index (χ4v) is 8.39. The van der Waals surface area contributed by atoms with Gasteiger partial charge in [-0.2, -0.15) is 0 Å². The lowest BCUT2D eigenvalue weighted by Crippen LogP contribution is -2.35. The van der Waals surface area contributed by atoms with Crippen LogP contribution in [0.15, 0.2) is 48.7 Å². The summed E-state index contributed by atoms with van der Waals surface area (Å²) in [5.41, 5.74) is 7.36. The summed E-state index contributed by atoms with van der Waals surface area (Å²) in [5.74, 6) is 2.81. The number of hydrogen-bond acceptors (Lipinski definition) is 8. The van der Waals surface area contributed by atoms with Gasteiger partial charge in [0.15, 0.2) is 0 Å². The summed E-state index contributed by atoms with van der Waals surface area (Å²) in [4.78, 5) is 28.5. The normalized spacial score (nSPS) is 20.4. The first-order chi connectivity index (χ1) is 23.8. The molecule has 11 heteroatoms. The molecule has 9 nitrogen and oxygen atoms in total. The Balaban J connectivity index is 1.13. The second-order valence-corrected chi connectivity index (χ2v) is 14.2. The fraction of sp³-hybridized carbons (Fsp3) is 0.421. The van der Waals surface area contributed by atoms with Crippen molar-refractivity contribution in [3.05, 3.63) is 75.5 Å². The molecule has 2 aromatic carbocycles. The molecule has 49 heavy (non-hydrogen) atoms. The van der Waals surface area contributed by atoms with Crippen LogP contribution in [0.4, 0.5) is 0 Å². The SMILES string of the molecule is COc1nc(-c2cccc(-c3cccc(-c4cc(C)c(CN5CC6CCCC6C5)c(OC)n4)c3Cl)c2Cl)cnc1CNCC1CCC(=O)N1. The molecule has 4 aromatic rings. The van der Waals surface area contributed by atoms with E-state index in [1.165, 1.54) is 19.3 Å². The number of ether oxygens (including phenoxy) is 2. The summed E-state index contributed by atoms with van der Waals surface area (Å²) in [6.45, 7) is 6.39. The molecular weight excluding hydrogens is 659 g/mol. The number of pyridine rings is 1. The Bertz CT molecular complexity index is 1860. The molecule has 0 bridgehead atoms. The van der Waals surface area contributed by atoms with Gasteiger partial charge in [0.05, 0.1) is 41.8 Å². The molecule has 3 unspecified atom stereocenters. The molecule has 1 saturated carbocycles. The summed E-state index contributed by atoms with van der Waals surface area (Å²) in [6.07, 6.45) is 7.17. The number of methoxy groups -OCH3 is 2. The number of carbonyl (C=O) groups excluding carboxylic acids is 1. The molecule has 4 heterocycles. The van der Waals surface area contributed by atoms with Gasteiger partial charge in [0.2, 0.25) is 17.7 Å². The number of likely N-dealkylation sites (tertiary alicyclic amines) is 1. The van der Waals surface area contributed by atoms with Gasteiger partial charge in [-0.25, -0.2) is 9.97 Å². The van der Waals surface area contributed by atoms with Gasteiger partial charge in [-0.1, -0.05) is 66.0 Å². The van der Waals surface area contributed by atoms with Crippen molar-refractivity contribution in [3.8, 4) is 45.4 Å². The molecule has 3 fully saturated rings. The summed E-state index contributed by atoms with van der Waals surface area (Å²) in [6, 6.07) is 14.0. The minimum atomic E-state index is 0.0936. The molecular formula is C38H42Cl2N6O3. The van der Waals surface area contributed by atoms with Crippen molar-refractivity contribution in [2.75, 3.05) is 33.9 Å². The van der Waals surface area contributed by atoms with E-state index in [4.69, 9.17) is 42.6 Å². The van der Waals surface area contributed by atoms with Crippen molar-refractivity contribution in [3.63, 3.8) is 0 Å². The van der Waals surface area contributed by atoms with Crippen LogP contribution in [0.5, 0.6) is 11.8 Å². The van der Waals surface area contributed by atoms with Gasteiger partial charge in [0, 0.05) is 73.0 Å². The van der Waals surface area contributed by atoms with Gasteiger partial charge >= 0.3 is 0 Å². The summed E-state index contributed by atoms with van der Waals surface area (Å²) in [5, 5.41) is 7.38. The first-order valence-electron chi connectivity index (χ1n) is 17.1. The van der Waals surface area contributed by atoms with E-state index < -0.39 is 0 Å². The average Bonchev–Trinajstić information content (AvgIpc) is 3.83. The van der Waals surface area contributed by atoms with Crippen molar-refractivity contribution in [2.24, 2.45) is 11.8 Å². The zero-order chi connectivity index (χ0) is 34.1. The highest BCUT2D eigenvalue weighted by Gasteiger charge is 2.36. The van der Waals surface area contributed by atoms with Crippen LogP contribution in [0, 0.1) is 18.8 Å². The van der Waals surface area contributed by atoms with Crippen molar-refractivity contribution in [2.45, 2.75) is 58.2 Å². The Morgan fingerprint density at radius 2 is 1.53 bits per heavy atom. The Morgan fingerprint density at radius 3 is 2.16 bits per heavy atom. The number of benzene rings is 2. The molecule has 3 atom stereocenters. The van der Waals surface area contributed by atoms with Crippen molar-refractivity contribution in [1.29, 1.82) is 0 Å². The third-order valence-electron chi connectivity index (χ3n) is 10.3. The summed E-state index contributed by atoms with van der Waals surface area (Å²) in [7, 11) is 3.27. The predicted molar refractivity (Wildman–Crippen MR) is 193 cm³/mol. The van der Waals surface area contributed by atoms with E-state index in [0.717, 1.165) is 71.4 Å². The van der Waals surface area contributed by atoms with E-state index in [2.05, 4.69) is 33.5 Å². The fourth-order valence-electron chi connectivity index (χ4n) is 7.74. The minimum Gasteiger partial charge on any atom is -0.481 e. The van der Waals surface area contributed by atoms with Crippen LogP contribution in [-0.2, 0) is 17.9 Å². The number of aromatic nitrogens is 3. The number of hydrogen-bond donors (Lipinski definition) is 2. The first-order valence-corrected chi connectivity index (χ1v) is 17.8. The second-order valence-electron chi connectivity index (χ2n) is 13.4. The summed E-state index contributed by atoms with van der Waals surface area (Å²) >= 11 is 14.3. The van der Waals surface area contributed by atoms with Crippen LogP contribution in [0.3, 0.4) is 0 Å². The molecule has 2 N–H and O–H groups in total. The largest absolute Gasteiger partial charge is 0.481 e. The lowest BCUT2D eigenvalue weighted by molar-refractivity contribution is -0.119. The molecule has 0 spiro atoms. The van der Waals surface area contributed by atoms with Gasteiger partial charge < -0.3 is 20.1 Å². The van der Waals surface area contributed by atoms with Gasteiger partial charge in [-0.3, -0.25) is 14.7 Å². The molecule has 2 aliphatic heterocycles. The monoisotopic (exact) mass is 700 g/mol. The van der Waals surface area contributed by atoms with Crippen LogP contribution >= 0.6 is 23.2 Å². The maximum atomic E-state index is 11.5. The number of nitrogens with one attached hydrogen (secondary N) is 2. The lowest BCUT2D eigenvalue weighted by atomic mass is 9.97. The highest BCUT2D eigenvalue weighted by molar-refractivity contribution is 6.39. The highest BCUT2D eigenvalue weighted by Crippen LogP contribution is 2.43. The topological polar surface area (TPSA) is 102 Å². The van der Waals surface area contributed by atoms with E-state index in [-0.39, 0.29) is 11.9 Å². The molecule has 0 radical (unpaired) electrons. The zero-order valence-electron chi connectivity index (χ0n) is 28.2. The zero-order valence-corrected chi connectivity index (χ0v) is 29.7. The molecule has 2 aromatic heterocycles. The van der Waals surface area contributed by atoms with Gasteiger partial charge in [-0.15, -0.1) is 0 Å². The van der Waals surface area contributed by atoms with E-state index in [1.54, 1.807) is 20.4 Å². The molecule has 2 saturated heterocycles. The van der Waals surface area contributed by atoms with Crippen molar-refractivity contribution in [1.82, 2.24) is 30.5 Å². The third kappa shape index (κ3) is 6.99. The number of carbonyl (C=O) groups is 1. The van der Waals surface area contributed by atoms with Crippen LogP contribution in [0.1, 0.15) is 48.9 Å². The molecule has 3 aliphatic rings. The third-order valence-corrected chi connectivity index (χ3v) is 11.1. The van der Waals surface area contributed by atoms with E-state index >= 15 is 0 Å². The molecule has 1 aliphatic carbocycles. The first kappa shape index (κ1) is 33.7. The van der Waals surface area contributed by atoms with Crippen molar-refractivity contribution < 1.29 is 14.3 Å². The number of rotatable bonds is 11. The van der Waals surface area contributed by atoms with Crippen molar-refractivity contribution >= 4 is 29.1 Å². The quantitative estimate of drug-likeness (QED) is 0.171. The lowest BCUT2D eigenvalue weighted by Gasteiger charge is -2.21. The smallest absolute Gasteiger partial charge is 0.237 e. The van der Waals surface area contributed by atoms with Crippen LogP contribution < -0.4 is 20.1 Å². The summed E-state index contributed by atoms with van der Waals surface area (Å²) < 4.78 is 11.5. The maximum absolute atomic E-state index is 11.5. The minimum absolute atomic E-state index is 0.0936. The number of nitrogens with zero attached hydrogens (tertiary/aromatic N) is 4. The Morgan fingerprint density at radius 1 is 0.898 bits per heavy atom. The van der Waals surface area contributed by atoms with Gasteiger partial charge in [-0.05, 0) is 49.7 Å². The molecule has 256 valence electrons. The average molecular weight is 702 g/mol. The Labute approximate surface area is 297 Å². The number of aryl methyl sites for hydroxylation is 1. The standard InChI is InChI=1S/C38H42Cl2N6O3/c1-22-15-31(44-37(48-2)30(22)21-46-19-23-7-4-8-24(23)20-46)28-11-5-9-26(35(28)39)27-10-6-12-29(36(27)40)32-18-42-33(38(45-32)49-3)17-41-16-25-13-14-34(47)43-25/h5-6,9-12,15,18,23-25,41H,4,7-8,13-14,16-17,19-21H2,1-3H3,(H,43,47). The number of fused-ring (bicyclic) bond motifs is 1. The predicted octanol–water partition coefficient (Wildman–Crippen LogP) is 7.11. The Kier molecular flexibility index (Phi) is 10.1. The van der Waals surface area contributed by atoms with Gasteiger partial charge in [0.1, 0.15) is 5.69 Å². The molecule has 1 amide bonds. The number of halogens is 2. The second kappa shape index (κ2) is 14.6. The maximum Gasteiger partial charge on any atom is 0.237 e. The van der Waals surface area contributed by atoms with E-state index in [0.29, 0.717) is 58.3 Å². The van der Waals surface area contributed by atoms with E-state index in [1.807, 2.05) is 36.4 Å². The van der Waals surface area contributed by atoms with Crippen LogP contribution in [-0.4, -0.2) is 65.7 Å². The van der Waals surface area contributed by atoms with Crippen LogP contribution in [0.2, 0.25) is 10.0 Å². The van der Waals surface area contributed by atoms with Gasteiger partial charge in [0.25, 0.3) is 0 Å². The van der Waals surface area contributed by atoms with Crippen LogP contribution in [0.25, 0.3) is 33.6 Å². The Hall–Kier alpha value is -3.76.